The molecule has 0 aliphatic heterocycles. The maximum Gasteiger partial charge on any atom is 0.412 e. The second-order valence-corrected chi connectivity index (χ2v) is 4.35. The summed E-state index contributed by atoms with van der Waals surface area (Å²) in [6.07, 6.45) is 1.88. The molecule has 0 saturated carbocycles. The van der Waals surface area contributed by atoms with Crippen molar-refractivity contribution < 1.29 is 19.4 Å². The number of anilines is 1. The number of rotatable bonds is 2. The SMILES string of the molecule is CC(C)(C)OC(=O)Nc1cnccc1C(=O)O. The number of pyridine rings is 1. The normalized spacial score (nSPS) is 10.8. The van der Waals surface area contributed by atoms with Gasteiger partial charge in [-0.1, -0.05) is 0 Å². The summed E-state index contributed by atoms with van der Waals surface area (Å²) in [5.41, 5.74) is -0.574. The van der Waals surface area contributed by atoms with Crippen molar-refractivity contribution in [1.29, 1.82) is 0 Å². The molecule has 0 aliphatic rings. The van der Waals surface area contributed by atoms with Crippen LogP contribution >= 0.6 is 0 Å². The van der Waals surface area contributed by atoms with Crippen LogP contribution < -0.4 is 5.32 Å². The number of aromatic carboxylic acids is 1. The summed E-state index contributed by atoms with van der Waals surface area (Å²) in [5, 5.41) is 11.2. The zero-order valence-electron chi connectivity index (χ0n) is 9.85. The summed E-state index contributed by atoms with van der Waals surface area (Å²) in [6.45, 7) is 5.15. The van der Waals surface area contributed by atoms with Gasteiger partial charge in [0.1, 0.15) is 5.60 Å². The molecule has 1 rings (SSSR count). The first-order valence-electron chi connectivity index (χ1n) is 4.97. The van der Waals surface area contributed by atoms with Crippen LogP contribution in [0.25, 0.3) is 0 Å². The zero-order valence-corrected chi connectivity index (χ0v) is 9.85. The predicted octanol–water partition coefficient (Wildman–Crippen LogP) is 2.13. The topological polar surface area (TPSA) is 88.5 Å². The fourth-order valence-electron chi connectivity index (χ4n) is 1.09. The number of hydrogen-bond acceptors (Lipinski definition) is 4. The van der Waals surface area contributed by atoms with Crippen LogP contribution in [0.4, 0.5) is 10.5 Å². The van der Waals surface area contributed by atoms with Gasteiger partial charge >= 0.3 is 12.1 Å². The molecule has 17 heavy (non-hydrogen) atoms. The summed E-state index contributed by atoms with van der Waals surface area (Å²) in [7, 11) is 0. The molecule has 6 nitrogen and oxygen atoms in total. The van der Waals surface area contributed by atoms with Gasteiger partial charge in [0.25, 0.3) is 0 Å². The van der Waals surface area contributed by atoms with E-state index in [4.69, 9.17) is 9.84 Å². The first kappa shape index (κ1) is 13.0. The molecule has 6 heteroatoms. The van der Waals surface area contributed by atoms with Gasteiger partial charge in [-0.05, 0) is 26.8 Å². The van der Waals surface area contributed by atoms with Crippen LogP contribution in [0.3, 0.4) is 0 Å². The quantitative estimate of drug-likeness (QED) is 0.823. The highest BCUT2D eigenvalue weighted by molar-refractivity contribution is 5.98. The molecule has 0 unspecified atom stereocenters. The highest BCUT2D eigenvalue weighted by Crippen LogP contribution is 2.15. The summed E-state index contributed by atoms with van der Waals surface area (Å²) < 4.78 is 5.01. The Morgan fingerprint density at radius 2 is 2.06 bits per heavy atom. The summed E-state index contributed by atoms with van der Waals surface area (Å²) in [4.78, 5) is 26.1. The molecular weight excluding hydrogens is 224 g/mol. The third kappa shape index (κ3) is 4.10. The predicted molar refractivity (Wildman–Crippen MR) is 61.1 cm³/mol. The number of aromatic nitrogens is 1. The molecule has 0 fully saturated rings. The van der Waals surface area contributed by atoms with E-state index in [0.717, 1.165) is 0 Å². The maximum atomic E-state index is 11.4. The van der Waals surface area contributed by atoms with Gasteiger partial charge in [0.2, 0.25) is 0 Å². The lowest BCUT2D eigenvalue weighted by Gasteiger charge is -2.19. The average Bonchev–Trinajstić information content (AvgIpc) is 2.14. The minimum absolute atomic E-state index is 0.0362. The van der Waals surface area contributed by atoms with E-state index in [9.17, 15) is 9.59 Å². The molecule has 0 aliphatic carbocycles. The second-order valence-electron chi connectivity index (χ2n) is 4.35. The van der Waals surface area contributed by atoms with Crippen molar-refractivity contribution in [2.75, 3.05) is 5.32 Å². The van der Waals surface area contributed by atoms with E-state index >= 15 is 0 Å². The number of amides is 1. The van der Waals surface area contributed by atoms with Gasteiger partial charge in [0, 0.05) is 6.20 Å². The first-order chi connectivity index (χ1) is 7.79. The molecular formula is C11H14N2O4. The van der Waals surface area contributed by atoms with Crippen LogP contribution in [0.1, 0.15) is 31.1 Å². The Morgan fingerprint density at radius 1 is 1.41 bits per heavy atom. The standard InChI is InChI=1S/C11H14N2O4/c1-11(2,3)17-10(16)13-8-6-12-5-4-7(8)9(14)15/h4-6H,1-3H3,(H,13,16)(H,14,15). The van der Waals surface area contributed by atoms with E-state index in [1.807, 2.05) is 0 Å². The lowest BCUT2D eigenvalue weighted by Crippen LogP contribution is -2.27. The van der Waals surface area contributed by atoms with Gasteiger partial charge in [0.15, 0.2) is 0 Å². The number of hydrogen-bond donors (Lipinski definition) is 2. The number of nitrogens with zero attached hydrogens (tertiary/aromatic N) is 1. The van der Waals surface area contributed by atoms with Gasteiger partial charge < -0.3 is 9.84 Å². The number of carbonyl (C=O) groups excluding carboxylic acids is 1. The van der Waals surface area contributed by atoms with Crippen molar-refractivity contribution in [3.63, 3.8) is 0 Å². The van der Waals surface area contributed by atoms with Gasteiger partial charge in [-0.2, -0.15) is 0 Å². The van der Waals surface area contributed by atoms with Crippen LogP contribution in [-0.2, 0) is 4.74 Å². The Hall–Kier alpha value is -2.11. The second kappa shape index (κ2) is 4.82. The molecule has 2 N–H and O–H groups in total. The lowest BCUT2D eigenvalue weighted by atomic mass is 10.2. The minimum atomic E-state index is -1.14. The van der Waals surface area contributed by atoms with E-state index in [1.165, 1.54) is 18.5 Å². The Kier molecular flexibility index (Phi) is 3.67. The third-order valence-electron chi connectivity index (χ3n) is 1.69. The van der Waals surface area contributed by atoms with E-state index in [-0.39, 0.29) is 11.3 Å². The molecule has 0 spiro atoms. The average molecular weight is 238 g/mol. The Bertz CT molecular complexity index is 437. The van der Waals surface area contributed by atoms with Crippen LogP contribution in [0.5, 0.6) is 0 Å². The molecule has 1 aromatic rings. The van der Waals surface area contributed by atoms with Gasteiger partial charge in [0.05, 0.1) is 17.4 Å². The summed E-state index contributed by atoms with van der Waals surface area (Å²) in [5.74, 6) is -1.14. The molecule has 0 saturated heterocycles. The van der Waals surface area contributed by atoms with Crippen molar-refractivity contribution >= 4 is 17.7 Å². The molecule has 0 atom stereocenters. The van der Waals surface area contributed by atoms with Gasteiger partial charge in [-0.25, -0.2) is 9.59 Å². The Balaban J connectivity index is 2.82. The van der Waals surface area contributed by atoms with Crippen LogP contribution in [-0.4, -0.2) is 27.8 Å². The molecule has 1 heterocycles. The number of carboxylic acid groups (broad SMARTS) is 1. The number of nitrogens with one attached hydrogen (secondary N) is 1. The van der Waals surface area contributed by atoms with E-state index in [0.29, 0.717) is 0 Å². The highest BCUT2D eigenvalue weighted by Gasteiger charge is 2.18. The molecule has 1 amide bonds. The van der Waals surface area contributed by atoms with E-state index in [2.05, 4.69) is 10.3 Å². The molecule has 0 bridgehead atoms. The fraction of sp³-hybridized carbons (Fsp3) is 0.364. The summed E-state index contributed by atoms with van der Waals surface area (Å²) in [6, 6.07) is 1.30. The fourth-order valence-corrected chi connectivity index (χ4v) is 1.09. The Morgan fingerprint density at radius 3 is 2.59 bits per heavy atom. The lowest BCUT2D eigenvalue weighted by molar-refractivity contribution is 0.0636. The molecule has 0 radical (unpaired) electrons. The van der Waals surface area contributed by atoms with Crippen molar-refractivity contribution in [1.82, 2.24) is 4.98 Å². The van der Waals surface area contributed by atoms with Gasteiger partial charge in [-0.3, -0.25) is 10.3 Å². The Labute approximate surface area is 98.6 Å². The van der Waals surface area contributed by atoms with E-state index in [1.54, 1.807) is 20.8 Å². The van der Waals surface area contributed by atoms with Crippen molar-refractivity contribution in [3.8, 4) is 0 Å². The highest BCUT2D eigenvalue weighted by atomic mass is 16.6. The number of carbonyl (C=O) groups is 2. The smallest absolute Gasteiger partial charge is 0.412 e. The number of carboxylic acids is 1. The van der Waals surface area contributed by atoms with Crippen LogP contribution in [0, 0.1) is 0 Å². The van der Waals surface area contributed by atoms with Crippen molar-refractivity contribution in [2.45, 2.75) is 26.4 Å². The summed E-state index contributed by atoms with van der Waals surface area (Å²) >= 11 is 0. The third-order valence-corrected chi connectivity index (χ3v) is 1.69. The van der Waals surface area contributed by atoms with Crippen molar-refractivity contribution in [3.05, 3.63) is 24.0 Å². The molecule has 0 aromatic carbocycles. The van der Waals surface area contributed by atoms with E-state index < -0.39 is 17.7 Å². The molecule has 1 aromatic heterocycles. The maximum absolute atomic E-state index is 11.4. The monoisotopic (exact) mass is 238 g/mol. The number of ether oxygens (including phenoxy) is 1. The van der Waals surface area contributed by atoms with Crippen molar-refractivity contribution in [2.24, 2.45) is 0 Å². The van der Waals surface area contributed by atoms with Crippen LogP contribution in [0.2, 0.25) is 0 Å². The van der Waals surface area contributed by atoms with Crippen LogP contribution in [0.15, 0.2) is 18.5 Å². The largest absolute Gasteiger partial charge is 0.478 e. The van der Waals surface area contributed by atoms with Gasteiger partial charge in [-0.15, -0.1) is 0 Å². The zero-order chi connectivity index (χ0) is 13.1. The minimum Gasteiger partial charge on any atom is -0.478 e. The molecule has 92 valence electrons. The first-order valence-corrected chi connectivity index (χ1v) is 4.97.